The van der Waals surface area contributed by atoms with Crippen LogP contribution in [0, 0.1) is 12.8 Å². The molecule has 2 aromatic heterocycles. The number of aryl methyl sites for hydroxylation is 1. The second-order valence-corrected chi connectivity index (χ2v) is 9.82. The van der Waals surface area contributed by atoms with Gasteiger partial charge in [0.15, 0.2) is 0 Å². The van der Waals surface area contributed by atoms with E-state index in [0.29, 0.717) is 30.9 Å². The number of fused-ring (bicyclic) bond motifs is 1. The zero-order valence-electron chi connectivity index (χ0n) is 18.6. The molecule has 2 aromatic rings. The van der Waals surface area contributed by atoms with Gasteiger partial charge in [-0.2, -0.15) is 5.10 Å². The van der Waals surface area contributed by atoms with E-state index in [1.165, 1.54) is 4.68 Å². The van der Waals surface area contributed by atoms with Gasteiger partial charge < -0.3 is 10.2 Å². The predicted molar refractivity (Wildman–Crippen MR) is 116 cm³/mol. The van der Waals surface area contributed by atoms with E-state index in [1.54, 1.807) is 12.3 Å². The Bertz CT molecular complexity index is 926. The minimum absolute atomic E-state index is 0.0131. The van der Waals surface area contributed by atoms with Crippen LogP contribution >= 0.6 is 0 Å². The number of aromatic nitrogens is 3. The average molecular weight is 432 g/mol. The Hall–Kier alpha value is -2.51. The number of carbonyl (C=O) groups is 1. The summed E-state index contributed by atoms with van der Waals surface area (Å²) in [5.41, 5.74) is 2.08. The van der Waals surface area contributed by atoms with E-state index < -0.39 is 12.5 Å². The highest BCUT2D eigenvalue weighted by molar-refractivity contribution is 5.94. The van der Waals surface area contributed by atoms with Crippen LogP contribution in [0.2, 0.25) is 0 Å². The lowest BCUT2D eigenvalue weighted by molar-refractivity contribution is 0.0537. The molecule has 0 aromatic carbocycles. The van der Waals surface area contributed by atoms with Gasteiger partial charge in [0.25, 0.3) is 12.3 Å². The number of piperidine rings is 1. The zero-order valence-corrected chi connectivity index (χ0v) is 18.6. The van der Waals surface area contributed by atoms with Gasteiger partial charge in [0.1, 0.15) is 11.9 Å². The number of hydrogen-bond donors (Lipinski definition) is 1. The summed E-state index contributed by atoms with van der Waals surface area (Å²) < 4.78 is 29.2. The highest BCUT2D eigenvalue weighted by Crippen LogP contribution is 2.38. The Morgan fingerprint density at radius 3 is 2.52 bits per heavy atom. The third kappa shape index (κ3) is 4.43. The maximum atomic E-state index is 13.9. The quantitative estimate of drug-likeness (QED) is 0.781. The summed E-state index contributed by atoms with van der Waals surface area (Å²) in [6.45, 7) is 9.24. The standard InChI is InChI=1S/C23H31F2N5O/c1-14-5-6-16(13-26-14)22(31)29-9-7-15(8-10-29)17-11-18(21(24)25)30-20(27-17)12-19(28-30)23(2,3)4/h5-6,12-13,15,17-18,21,27H,7-11H2,1-4H3/t17-,18+/m0/s1. The lowest BCUT2D eigenvalue weighted by Crippen LogP contribution is -2.46. The molecule has 4 rings (SSSR count). The summed E-state index contributed by atoms with van der Waals surface area (Å²) in [7, 11) is 0. The molecule has 1 N–H and O–H groups in total. The SMILES string of the molecule is Cc1ccc(C(=O)N2CCC([C@@H]3C[C@H](C(F)F)n4nc(C(C)(C)C)cc4N3)CC2)cn1. The van der Waals surface area contributed by atoms with E-state index in [2.05, 4.69) is 15.4 Å². The van der Waals surface area contributed by atoms with E-state index in [0.717, 1.165) is 24.2 Å². The number of amides is 1. The lowest BCUT2D eigenvalue weighted by Gasteiger charge is -2.40. The molecule has 2 aliphatic heterocycles. The van der Waals surface area contributed by atoms with Gasteiger partial charge in [-0.05, 0) is 44.2 Å². The van der Waals surface area contributed by atoms with Crippen LogP contribution in [0.1, 0.15) is 67.8 Å². The maximum Gasteiger partial charge on any atom is 0.260 e. The fraction of sp³-hybridized carbons (Fsp3) is 0.609. The van der Waals surface area contributed by atoms with Gasteiger partial charge in [-0.15, -0.1) is 0 Å². The number of pyridine rings is 1. The molecule has 0 bridgehead atoms. The van der Waals surface area contributed by atoms with E-state index >= 15 is 0 Å². The summed E-state index contributed by atoms with van der Waals surface area (Å²) in [6, 6.07) is 4.58. The van der Waals surface area contributed by atoms with Crippen molar-refractivity contribution < 1.29 is 13.6 Å². The van der Waals surface area contributed by atoms with Gasteiger partial charge in [0, 0.05) is 42.5 Å². The van der Waals surface area contributed by atoms with Crippen LogP contribution in [0.25, 0.3) is 0 Å². The number of carbonyl (C=O) groups excluding carboxylic acids is 1. The lowest BCUT2D eigenvalue weighted by atomic mass is 9.84. The van der Waals surface area contributed by atoms with Crippen molar-refractivity contribution in [1.29, 1.82) is 0 Å². The van der Waals surface area contributed by atoms with Crippen LogP contribution in [0.15, 0.2) is 24.4 Å². The van der Waals surface area contributed by atoms with E-state index in [4.69, 9.17) is 0 Å². The first-order valence-corrected chi connectivity index (χ1v) is 11.0. The molecule has 6 nitrogen and oxygen atoms in total. The number of halogens is 2. The van der Waals surface area contributed by atoms with Crippen molar-refractivity contribution in [3.05, 3.63) is 41.3 Å². The summed E-state index contributed by atoms with van der Waals surface area (Å²) in [4.78, 5) is 18.8. The van der Waals surface area contributed by atoms with E-state index in [1.807, 2.05) is 44.7 Å². The van der Waals surface area contributed by atoms with Crippen molar-refractivity contribution in [2.75, 3.05) is 18.4 Å². The molecule has 1 fully saturated rings. The Morgan fingerprint density at radius 2 is 1.94 bits per heavy atom. The van der Waals surface area contributed by atoms with E-state index in [-0.39, 0.29) is 23.3 Å². The van der Waals surface area contributed by atoms with Crippen molar-refractivity contribution in [1.82, 2.24) is 19.7 Å². The molecule has 1 saturated heterocycles. The van der Waals surface area contributed by atoms with Crippen molar-refractivity contribution in [2.45, 2.75) is 70.9 Å². The molecule has 0 spiro atoms. The molecule has 0 aliphatic carbocycles. The molecule has 4 heterocycles. The van der Waals surface area contributed by atoms with Crippen LogP contribution in [0.5, 0.6) is 0 Å². The zero-order chi connectivity index (χ0) is 22.3. The first-order chi connectivity index (χ1) is 14.6. The number of hydrogen-bond acceptors (Lipinski definition) is 4. The average Bonchev–Trinajstić information content (AvgIpc) is 3.18. The topological polar surface area (TPSA) is 63.1 Å². The van der Waals surface area contributed by atoms with Gasteiger partial charge in [-0.25, -0.2) is 13.5 Å². The monoisotopic (exact) mass is 431 g/mol. The first kappa shape index (κ1) is 21.7. The van der Waals surface area contributed by atoms with Crippen molar-refractivity contribution in [2.24, 2.45) is 5.92 Å². The number of alkyl halides is 2. The molecule has 31 heavy (non-hydrogen) atoms. The Morgan fingerprint density at radius 1 is 1.23 bits per heavy atom. The number of nitrogens with zero attached hydrogens (tertiary/aromatic N) is 4. The van der Waals surface area contributed by atoms with Crippen LogP contribution in [0.3, 0.4) is 0 Å². The van der Waals surface area contributed by atoms with Crippen LogP contribution < -0.4 is 5.32 Å². The second-order valence-electron chi connectivity index (χ2n) is 9.82. The van der Waals surface area contributed by atoms with Gasteiger partial charge in [-0.1, -0.05) is 20.8 Å². The summed E-state index contributed by atoms with van der Waals surface area (Å²) in [5.74, 6) is 0.903. The van der Waals surface area contributed by atoms with Crippen LogP contribution in [0.4, 0.5) is 14.6 Å². The third-order valence-electron chi connectivity index (χ3n) is 6.49. The summed E-state index contributed by atoms with van der Waals surface area (Å²) in [6.07, 6.45) is 1.08. The Labute approximate surface area is 182 Å². The van der Waals surface area contributed by atoms with Crippen molar-refractivity contribution in [3.8, 4) is 0 Å². The smallest absolute Gasteiger partial charge is 0.260 e. The van der Waals surface area contributed by atoms with Crippen LogP contribution in [-0.4, -0.2) is 51.1 Å². The Kier molecular flexibility index (Phi) is 5.75. The highest BCUT2D eigenvalue weighted by Gasteiger charge is 2.39. The molecule has 0 saturated carbocycles. The maximum absolute atomic E-state index is 13.9. The van der Waals surface area contributed by atoms with E-state index in [9.17, 15) is 13.6 Å². The highest BCUT2D eigenvalue weighted by atomic mass is 19.3. The summed E-state index contributed by atoms with van der Waals surface area (Å²) in [5, 5.41) is 7.97. The molecule has 168 valence electrons. The van der Waals surface area contributed by atoms with Crippen molar-refractivity contribution >= 4 is 11.7 Å². The van der Waals surface area contributed by atoms with Gasteiger partial charge in [0.05, 0.1) is 11.3 Å². The molecule has 0 radical (unpaired) electrons. The first-order valence-electron chi connectivity index (χ1n) is 11.0. The fourth-order valence-corrected chi connectivity index (χ4v) is 4.53. The molecule has 1 amide bonds. The minimum atomic E-state index is -2.47. The molecular formula is C23H31F2N5O. The van der Waals surface area contributed by atoms with Gasteiger partial charge in [0.2, 0.25) is 0 Å². The molecule has 8 heteroatoms. The molecule has 0 unspecified atom stereocenters. The van der Waals surface area contributed by atoms with Crippen LogP contribution in [-0.2, 0) is 5.41 Å². The number of likely N-dealkylation sites (tertiary alicyclic amines) is 1. The molecule has 2 aliphatic rings. The summed E-state index contributed by atoms with van der Waals surface area (Å²) >= 11 is 0. The largest absolute Gasteiger partial charge is 0.367 e. The normalized spacial score (nSPS) is 22.4. The molecule has 2 atom stereocenters. The number of nitrogens with one attached hydrogen (secondary N) is 1. The second kappa shape index (κ2) is 8.20. The van der Waals surface area contributed by atoms with Crippen molar-refractivity contribution in [3.63, 3.8) is 0 Å². The van der Waals surface area contributed by atoms with Gasteiger partial charge in [-0.3, -0.25) is 9.78 Å². The predicted octanol–water partition coefficient (Wildman–Crippen LogP) is 4.43. The van der Waals surface area contributed by atoms with Gasteiger partial charge >= 0.3 is 0 Å². The number of rotatable bonds is 3. The molecular weight excluding hydrogens is 400 g/mol. The minimum Gasteiger partial charge on any atom is -0.367 e. The number of anilines is 1. The third-order valence-corrected chi connectivity index (χ3v) is 6.49. The Balaban J connectivity index is 1.44. The fourth-order valence-electron chi connectivity index (χ4n) is 4.53.